The van der Waals surface area contributed by atoms with Crippen LogP contribution in [0.15, 0.2) is 36.8 Å². The molecular formula is C15H18IN3O. The number of hydrogen-bond donors (Lipinski definition) is 1. The van der Waals surface area contributed by atoms with Crippen LogP contribution in [0.5, 0.6) is 0 Å². The van der Waals surface area contributed by atoms with Gasteiger partial charge in [-0.25, -0.2) is 4.98 Å². The fourth-order valence-electron chi connectivity index (χ4n) is 2.02. The largest absolute Gasteiger partial charge is 0.351 e. The molecule has 0 aliphatic rings. The van der Waals surface area contributed by atoms with Crippen LogP contribution >= 0.6 is 22.6 Å². The first-order chi connectivity index (χ1) is 9.63. The maximum Gasteiger partial charge on any atom is 0.269 e. The van der Waals surface area contributed by atoms with Crippen LogP contribution in [0.4, 0.5) is 0 Å². The van der Waals surface area contributed by atoms with Crippen molar-refractivity contribution in [3.8, 4) is 0 Å². The summed E-state index contributed by atoms with van der Waals surface area (Å²) in [6.45, 7) is 4.79. The molecule has 1 unspecified atom stereocenters. The highest BCUT2D eigenvalue weighted by molar-refractivity contribution is 14.1. The Morgan fingerprint density at radius 1 is 1.40 bits per heavy atom. The molecule has 1 aromatic heterocycles. The molecule has 20 heavy (non-hydrogen) atoms. The quantitative estimate of drug-likeness (QED) is 0.806. The Bertz CT molecular complexity index is 577. The maximum absolute atomic E-state index is 12.1. The maximum atomic E-state index is 12.1. The molecule has 0 saturated heterocycles. The highest BCUT2D eigenvalue weighted by atomic mass is 127. The molecule has 0 fully saturated rings. The smallest absolute Gasteiger partial charge is 0.269 e. The summed E-state index contributed by atoms with van der Waals surface area (Å²) < 4.78 is 3.11. The van der Waals surface area contributed by atoms with Crippen LogP contribution in [0.2, 0.25) is 0 Å². The normalized spacial score (nSPS) is 12.2. The van der Waals surface area contributed by atoms with Gasteiger partial charge in [-0.1, -0.05) is 19.1 Å². The molecule has 2 rings (SSSR count). The van der Waals surface area contributed by atoms with Crippen molar-refractivity contribution in [1.29, 1.82) is 0 Å². The molecule has 1 amide bonds. The lowest BCUT2D eigenvalue weighted by Gasteiger charge is -2.17. The van der Waals surface area contributed by atoms with Crippen LogP contribution < -0.4 is 5.32 Å². The number of nitrogens with zero attached hydrogens (tertiary/aromatic N) is 2. The minimum absolute atomic E-state index is 0.0679. The summed E-state index contributed by atoms with van der Waals surface area (Å²) in [6.07, 6.45) is 4.25. The van der Waals surface area contributed by atoms with Crippen molar-refractivity contribution in [2.75, 3.05) is 6.54 Å². The Kier molecular flexibility index (Phi) is 5.17. The van der Waals surface area contributed by atoms with Gasteiger partial charge in [-0.3, -0.25) is 4.79 Å². The van der Waals surface area contributed by atoms with Crippen LogP contribution in [0, 0.1) is 3.57 Å². The van der Waals surface area contributed by atoms with Gasteiger partial charge >= 0.3 is 0 Å². The van der Waals surface area contributed by atoms with Gasteiger partial charge in [-0.05, 0) is 53.6 Å². The summed E-state index contributed by atoms with van der Waals surface area (Å²) in [7, 11) is 0. The second-order valence-corrected chi connectivity index (χ2v) is 5.92. The van der Waals surface area contributed by atoms with Crippen LogP contribution in [0.1, 0.15) is 42.4 Å². The third-order valence-corrected chi connectivity index (χ3v) is 3.92. The number of halogens is 1. The Morgan fingerprint density at radius 2 is 2.10 bits per heavy atom. The molecule has 0 saturated carbocycles. The van der Waals surface area contributed by atoms with Gasteiger partial charge in [0.2, 0.25) is 0 Å². The second-order valence-electron chi connectivity index (χ2n) is 4.67. The summed E-state index contributed by atoms with van der Waals surface area (Å²) in [5.41, 5.74) is 1.76. The molecule has 1 heterocycles. The fourth-order valence-corrected chi connectivity index (χ4v) is 2.38. The lowest BCUT2D eigenvalue weighted by molar-refractivity contribution is 0.0943. The Balaban J connectivity index is 2.22. The standard InChI is InChI=1S/C15H18IN3O/c1-3-8-18-15(20)14-9-17-10-19(14)11(2)12-4-6-13(16)7-5-12/h4-7,9-11H,3,8H2,1-2H3,(H,18,20). The molecule has 1 N–H and O–H groups in total. The molecule has 1 aromatic carbocycles. The van der Waals surface area contributed by atoms with E-state index in [1.807, 2.05) is 11.5 Å². The van der Waals surface area contributed by atoms with E-state index in [1.54, 1.807) is 12.5 Å². The zero-order valence-electron chi connectivity index (χ0n) is 11.6. The first-order valence-corrected chi connectivity index (χ1v) is 7.76. The van der Waals surface area contributed by atoms with Crippen LogP contribution in [-0.2, 0) is 0 Å². The third-order valence-electron chi connectivity index (χ3n) is 3.20. The van der Waals surface area contributed by atoms with Gasteiger partial charge in [-0.2, -0.15) is 0 Å². The SMILES string of the molecule is CCCNC(=O)c1cncn1C(C)c1ccc(I)cc1. The third kappa shape index (κ3) is 3.39. The van der Waals surface area contributed by atoms with Gasteiger partial charge in [0.05, 0.1) is 18.6 Å². The van der Waals surface area contributed by atoms with Crippen molar-refractivity contribution in [3.05, 3.63) is 51.6 Å². The zero-order valence-corrected chi connectivity index (χ0v) is 13.8. The highest BCUT2D eigenvalue weighted by Gasteiger charge is 2.16. The van der Waals surface area contributed by atoms with Crippen LogP contribution in [0.25, 0.3) is 0 Å². The minimum atomic E-state index is -0.0679. The van der Waals surface area contributed by atoms with E-state index in [9.17, 15) is 4.79 Å². The van der Waals surface area contributed by atoms with Gasteiger partial charge in [0.25, 0.3) is 5.91 Å². The number of aromatic nitrogens is 2. The van der Waals surface area contributed by atoms with E-state index in [2.05, 4.69) is 64.1 Å². The van der Waals surface area contributed by atoms with E-state index in [-0.39, 0.29) is 11.9 Å². The van der Waals surface area contributed by atoms with E-state index in [0.717, 1.165) is 12.0 Å². The van der Waals surface area contributed by atoms with Crippen molar-refractivity contribution in [1.82, 2.24) is 14.9 Å². The van der Waals surface area contributed by atoms with Crippen molar-refractivity contribution >= 4 is 28.5 Å². The van der Waals surface area contributed by atoms with Crippen molar-refractivity contribution in [2.24, 2.45) is 0 Å². The molecular weight excluding hydrogens is 365 g/mol. The Hall–Kier alpha value is -1.37. The first-order valence-electron chi connectivity index (χ1n) is 6.69. The first kappa shape index (κ1) is 15.0. The lowest BCUT2D eigenvalue weighted by Crippen LogP contribution is -2.27. The van der Waals surface area contributed by atoms with Gasteiger partial charge in [0, 0.05) is 10.1 Å². The van der Waals surface area contributed by atoms with Crippen LogP contribution in [-0.4, -0.2) is 22.0 Å². The van der Waals surface area contributed by atoms with Gasteiger partial charge < -0.3 is 9.88 Å². The average Bonchev–Trinajstić information content (AvgIpc) is 2.94. The van der Waals surface area contributed by atoms with E-state index >= 15 is 0 Å². The number of amides is 1. The van der Waals surface area contributed by atoms with E-state index in [0.29, 0.717) is 12.2 Å². The number of benzene rings is 1. The molecule has 1 atom stereocenters. The summed E-state index contributed by atoms with van der Waals surface area (Å²) in [5, 5.41) is 2.89. The molecule has 0 radical (unpaired) electrons. The Labute approximate surface area is 132 Å². The molecule has 4 nitrogen and oxygen atoms in total. The number of carbonyl (C=O) groups excluding carboxylic acids is 1. The number of imidazole rings is 1. The van der Waals surface area contributed by atoms with Crippen molar-refractivity contribution in [3.63, 3.8) is 0 Å². The lowest BCUT2D eigenvalue weighted by atomic mass is 10.1. The van der Waals surface area contributed by atoms with Gasteiger partial charge in [0.15, 0.2) is 0 Å². The van der Waals surface area contributed by atoms with Gasteiger partial charge in [-0.15, -0.1) is 0 Å². The van der Waals surface area contributed by atoms with Crippen LogP contribution in [0.3, 0.4) is 0 Å². The van der Waals surface area contributed by atoms with Gasteiger partial charge in [0.1, 0.15) is 5.69 Å². The van der Waals surface area contributed by atoms with E-state index in [1.165, 1.54) is 3.57 Å². The predicted molar refractivity (Wildman–Crippen MR) is 87.8 cm³/mol. The molecule has 2 aromatic rings. The molecule has 0 aliphatic heterocycles. The van der Waals surface area contributed by atoms with Crippen molar-refractivity contribution < 1.29 is 4.79 Å². The molecule has 5 heteroatoms. The predicted octanol–water partition coefficient (Wildman–Crippen LogP) is 3.24. The monoisotopic (exact) mass is 383 g/mol. The molecule has 0 spiro atoms. The fraction of sp³-hybridized carbons (Fsp3) is 0.333. The van der Waals surface area contributed by atoms with Crippen molar-refractivity contribution in [2.45, 2.75) is 26.3 Å². The number of carbonyl (C=O) groups is 1. The molecule has 0 aliphatic carbocycles. The summed E-state index contributed by atoms with van der Waals surface area (Å²) in [6, 6.07) is 8.39. The minimum Gasteiger partial charge on any atom is -0.351 e. The second kappa shape index (κ2) is 6.88. The average molecular weight is 383 g/mol. The number of hydrogen-bond acceptors (Lipinski definition) is 2. The summed E-state index contributed by atoms with van der Waals surface area (Å²) in [4.78, 5) is 16.2. The topological polar surface area (TPSA) is 46.9 Å². The van der Waals surface area contributed by atoms with E-state index < -0.39 is 0 Å². The highest BCUT2D eigenvalue weighted by Crippen LogP contribution is 2.20. The number of rotatable bonds is 5. The Morgan fingerprint density at radius 3 is 2.75 bits per heavy atom. The molecule has 0 bridgehead atoms. The van der Waals surface area contributed by atoms with E-state index in [4.69, 9.17) is 0 Å². The zero-order chi connectivity index (χ0) is 14.5. The summed E-state index contributed by atoms with van der Waals surface area (Å²) in [5.74, 6) is -0.0679. The summed E-state index contributed by atoms with van der Waals surface area (Å²) >= 11 is 2.28. The number of nitrogens with one attached hydrogen (secondary N) is 1. The molecule has 106 valence electrons.